The van der Waals surface area contributed by atoms with E-state index in [1.165, 1.54) is 11.8 Å². The maximum absolute atomic E-state index is 14.8. The van der Waals surface area contributed by atoms with Crippen LogP contribution in [0.25, 0.3) is 0 Å². The number of hydrogen-bond donors (Lipinski definition) is 1. The number of carbonyl (C=O) groups excluding carboxylic acids is 1. The molecule has 2 aromatic rings. The minimum atomic E-state index is -1.76. The van der Waals surface area contributed by atoms with Crippen LogP contribution in [0.4, 0.5) is 37.7 Å². The first-order valence-corrected chi connectivity index (χ1v) is 8.63. The zero-order valence-electron chi connectivity index (χ0n) is 15.4. The summed E-state index contributed by atoms with van der Waals surface area (Å²) in [4.78, 5) is 13.8. The minimum absolute atomic E-state index is 0.280. The van der Waals surface area contributed by atoms with Gasteiger partial charge in [0, 0.05) is 24.7 Å². The molecule has 0 saturated carbocycles. The summed E-state index contributed by atoms with van der Waals surface area (Å²) in [6.07, 6.45) is 1.45. The summed E-state index contributed by atoms with van der Waals surface area (Å²) >= 11 is 0. The van der Waals surface area contributed by atoms with Gasteiger partial charge in [-0.05, 0) is 19.8 Å². The van der Waals surface area contributed by atoms with E-state index in [0.717, 1.165) is 20.0 Å². The van der Waals surface area contributed by atoms with E-state index in [4.69, 9.17) is 0 Å². The monoisotopic (exact) mass is 418 g/mol. The van der Waals surface area contributed by atoms with Crippen molar-refractivity contribution in [3.05, 3.63) is 52.1 Å². The molecular weight excluding hydrogens is 402 g/mol. The smallest absolute Gasteiger partial charge is 0.261 e. The number of methoxy groups -OCH3 is 1. The fourth-order valence-electron chi connectivity index (χ4n) is 3.32. The van der Waals surface area contributed by atoms with Crippen molar-refractivity contribution in [2.24, 2.45) is 0 Å². The SMILES string of the molecule is COc1c(F)c(F)cc(NC(=O)c2c(F)c(C)c(N3CCCC3)c(F)c2F)c1F. The van der Waals surface area contributed by atoms with E-state index in [1.54, 1.807) is 5.32 Å². The van der Waals surface area contributed by atoms with E-state index >= 15 is 0 Å². The molecule has 4 nitrogen and oxygen atoms in total. The molecule has 29 heavy (non-hydrogen) atoms. The standard InChI is InChI=1S/C19H16F6N2O2/c1-8-12(21)11(15(24)16(25)17(8)27-5-3-4-6-27)19(28)26-10-7-9(20)13(22)18(29-2)14(10)23/h7H,3-6H2,1-2H3,(H,26,28). The summed E-state index contributed by atoms with van der Waals surface area (Å²) in [5.74, 6) is -11.9. The van der Waals surface area contributed by atoms with E-state index in [1.807, 2.05) is 0 Å². The van der Waals surface area contributed by atoms with Crippen LogP contribution >= 0.6 is 0 Å². The predicted molar refractivity (Wildman–Crippen MR) is 93.3 cm³/mol. The Labute approximate surface area is 162 Å². The fraction of sp³-hybridized carbons (Fsp3) is 0.316. The molecule has 0 aliphatic carbocycles. The van der Waals surface area contributed by atoms with Gasteiger partial charge in [0.2, 0.25) is 5.82 Å². The lowest BCUT2D eigenvalue weighted by atomic mass is 10.0. The molecule has 1 N–H and O–H groups in total. The number of anilines is 2. The third-order valence-electron chi connectivity index (χ3n) is 4.74. The van der Waals surface area contributed by atoms with Crippen molar-refractivity contribution in [2.45, 2.75) is 19.8 Å². The molecule has 0 spiro atoms. The number of hydrogen-bond acceptors (Lipinski definition) is 3. The molecular formula is C19H16F6N2O2. The summed E-state index contributed by atoms with van der Waals surface area (Å²) < 4.78 is 89.6. The summed E-state index contributed by atoms with van der Waals surface area (Å²) in [6.45, 7) is 1.99. The quantitative estimate of drug-likeness (QED) is 0.579. The average molecular weight is 418 g/mol. The summed E-state index contributed by atoms with van der Waals surface area (Å²) in [7, 11) is 0.863. The van der Waals surface area contributed by atoms with E-state index in [-0.39, 0.29) is 17.3 Å². The predicted octanol–water partition coefficient (Wildman–Crippen LogP) is 4.69. The van der Waals surface area contributed by atoms with Crippen molar-refractivity contribution in [1.29, 1.82) is 0 Å². The first-order valence-electron chi connectivity index (χ1n) is 8.63. The molecule has 1 fully saturated rings. The summed E-state index contributed by atoms with van der Waals surface area (Å²) in [5.41, 5.74) is -2.80. The van der Waals surface area contributed by atoms with Gasteiger partial charge in [-0.15, -0.1) is 0 Å². The molecule has 0 atom stereocenters. The largest absolute Gasteiger partial charge is 0.491 e. The van der Waals surface area contributed by atoms with E-state index in [9.17, 15) is 31.1 Å². The number of carbonyl (C=O) groups is 1. The maximum Gasteiger partial charge on any atom is 0.261 e. The molecule has 1 aliphatic heterocycles. The van der Waals surface area contributed by atoms with Crippen LogP contribution in [0.2, 0.25) is 0 Å². The number of nitrogens with one attached hydrogen (secondary N) is 1. The van der Waals surface area contributed by atoms with Crippen LogP contribution in [0.1, 0.15) is 28.8 Å². The van der Waals surface area contributed by atoms with Gasteiger partial charge in [-0.1, -0.05) is 0 Å². The first kappa shape index (κ1) is 20.8. The highest BCUT2D eigenvalue weighted by molar-refractivity contribution is 6.05. The van der Waals surface area contributed by atoms with Crippen LogP contribution < -0.4 is 15.0 Å². The Kier molecular flexibility index (Phi) is 5.63. The molecule has 2 aromatic carbocycles. The van der Waals surface area contributed by atoms with Gasteiger partial charge in [-0.3, -0.25) is 4.79 Å². The highest BCUT2D eigenvalue weighted by Gasteiger charge is 2.31. The second kappa shape index (κ2) is 7.84. The number of halogens is 6. The van der Waals surface area contributed by atoms with Crippen molar-refractivity contribution in [2.75, 3.05) is 30.4 Å². The maximum atomic E-state index is 14.8. The van der Waals surface area contributed by atoms with E-state index in [2.05, 4.69) is 4.74 Å². The Balaban J connectivity index is 2.04. The van der Waals surface area contributed by atoms with Crippen LogP contribution in [0.15, 0.2) is 6.07 Å². The van der Waals surface area contributed by atoms with Crippen molar-refractivity contribution < 1.29 is 35.9 Å². The van der Waals surface area contributed by atoms with Crippen LogP contribution in [-0.2, 0) is 0 Å². The average Bonchev–Trinajstić information content (AvgIpc) is 3.19. The lowest BCUT2D eigenvalue weighted by Crippen LogP contribution is -2.25. The van der Waals surface area contributed by atoms with Crippen molar-refractivity contribution in [1.82, 2.24) is 0 Å². The Morgan fingerprint density at radius 1 is 0.966 bits per heavy atom. The van der Waals surface area contributed by atoms with Gasteiger partial charge in [-0.2, -0.15) is 4.39 Å². The third-order valence-corrected chi connectivity index (χ3v) is 4.74. The van der Waals surface area contributed by atoms with Gasteiger partial charge in [0.25, 0.3) is 5.91 Å². The zero-order valence-corrected chi connectivity index (χ0v) is 15.4. The summed E-state index contributed by atoms with van der Waals surface area (Å²) in [6, 6.07) is 0.280. The normalized spacial score (nSPS) is 13.7. The molecule has 3 rings (SSSR count). The summed E-state index contributed by atoms with van der Waals surface area (Å²) in [5, 5.41) is 1.73. The Morgan fingerprint density at radius 2 is 1.59 bits per heavy atom. The second-order valence-electron chi connectivity index (χ2n) is 6.51. The molecule has 1 saturated heterocycles. The first-order chi connectivity index (χ1) is 13.7. The van der Waals surface area contributed by atoms with Gasteiger partial charge in [-0.25, -0.2) is 22.0 Å². The lowest BCUT2D eigenvalue weighted by Gasteiger charge is -2.22. The minimum Gasteiger partial charge on any atom is -0.491 e. The second-order valence-corrected chi connectivity index (χ2v) is 6.51. The molecule has 0 unspecified atom stereocenters. The molecule has 156 valence electrons. The number of nitrogens with zero attached hydrogens (tertiary/aromatic N) is 1. The molecule has 1 amide bonds. The molecule has 0 radical (unpaired) electrons. The molecule has 10 heteroatoms. The number of amides is 1. The number of benzene rings is 2. The van der Waals surface area contributed by atoms with Crippen LogP contribution in [-0.4, -0.2) is 26.1 Å². The zero-order chi connectivity index (χ0) is 21.5. The van der Waals surface area contributed by atoms with Crippen molar-refractivity contribution in [3.8, 4) is 5.75 Å². The van der Waals surface area contributed by atoms with Crippen LogP contribution in [0.3, 0.4) is 0 Å². The Bertz CT molecular complexity index is 961. The Hall–Kier alpha value is -2.91. The Morgan fingerprint density at radius 3 is 2.17 bits per heavy atom. The van der Waals surface area contributed by atoms with Gasteiger partial charge >= 0.3 is 0 Å². The molecule has 0 bridgehead atoms. The topological polar surface area (TPSA) is 41.6 Å². The van der Waals surface area contributed by atoms with Crippen molar-refractivity contribution in [3.63, 3.8) is 0 Å². The van der Waals surface area contributed by atoms with E-state index in [0.29, 0.717) is 13.1 Å². The van der Waals surface area contributed by atoms with Gasteiger partial charge in [0.15, 0.2) is 29.0 Å². The highest BCUT2D eigenvalue weighted by atomic mass is 19.2. The van der Waals surface area contributed by atoms with Gasteiger partial charge in [0.1, 0.15) is 11.4 Å². The number of rotatable bonds is 4. The fourth-order valence-corrected chi connectivity index (χ4v) is 3.32. The molecule has 1 heterocycles. The lowest BCUT2D eigenvalue weighted by molar-refractivity contribution is 0.101. The van der Waals surface area contributed by atoms with Crippen LogP contribution in [0.5, 0.6) is 5.75 Å². The third kappa shape index (κ3) is 3.47. The van der Waals surface area contributed by atoms with Gasteiger partial charge < -0.3 is 15.0 Å². The molecule has 1 aliphatic rings. The highest BCUT2D eigenvalue weighted by Crippen LogP contribution is 2.35. The van der Waals surface area contributed by atoms with Gasteiger partial charge in [0.05, 0.1) is 18.5 Å². The van der Waals surface area contributed by atoms with E-state index < -0.39 is 57.8 Å². The molecule has 0 aromatic heterocycles. The number of ether oxygens (including phenoxy) is 1. The van der Waals surface area contributed by atoms with Crippen LogP contribution in [0, 0.1) is 41.8 Å². The van der Waals surface area contributed by atoms with Crippen molar-refractivity contribution >= 4 is 17.3 Å².